The van der Waals surface area contributed by atoms with Crippen LogP contribution >= 0.6 is 0 Å². The lowest BCUT2D eigenvalue weighted by molar-refractivity contribution is 0.0929. The molecule has 1 N–H and O–H groups in total. The van der Waals surface area contributed by atoms with Gasteiger partial charge in [0.2, 0.25) is 5.82 Å². The predicted molar refractivity (Wildman–Crippen MR) is 94.6 cm³/mol. The van der Waals surface area contributed by atoms with Crippen molar-refractivity contribution in [3.63, 3.8) is 0 Å². The molecule has 0 aliphatic heterocycles. The average Bonchev–Trinajstić information content (AvgIpc) is 3.20. The zero-order valence-electron chi connectivity index (χ0n) is 14.7. The highest BCUT2D eigenvalue weighted by Gasteiger charge is 2.19. The Morgan fingerprint density at radius 1 is 1.16 bits per heavy atom. The molecule has 1 amide bonds. The van der Waals surface area contributed by atoms with E-state index in [0.717, 1.165) is 29.8 Å². The van der Waals surface area contributed by atoms with Crippen molar-refractivity contribution in [2.75, 3.05) is 0 Å². The fraction of sp³-hybridized carbons (Fsp3) is 0.368. The maximum atomic E-state index is 12.6. The Labute approximate surface area is 146 Å². The molecule has 1 aliphatic carbocycles. The van der Waals surface area contributed by atoms with Gasteiger partial charge < -0.3 is 5.32 Å². The Balaban J connectivity index is 1.56. The third-order valence-electron chi connectivity index (χ3n) is 4.79. The van der Waals surface area contributed by atoms with Crippen LogP contribution in [0, 0.1) is 13.8 Å². The highest BCUT2D eigenvalue weighted by molar-refractivity contribution is 5.91. The van der Waals surface area contributed by atoms with Gasteiger partial charge in [-0.1, -0.05) is 18.2 Å². The van der Waals surface area contributed by atoms with Crippen LogP contribution in [0.4, 0.5) is 0 Å². The number of carbonyl (C=O) groups excluding carboxylic acids is 1. The van der Waals surface area contributed by atoms with Gasteiger partial charge in [0.25, 0.3) is 11.7 Å². The molecule has 0 unspecified atom stereocenters. The number of amides is 1. The Kier molecular flexibility index (Phi) is 3.75. The van der Waals surface area contributed by atoms with Crippen molar-refractivity contribution in [2.45, 2.75) is 46.1 Å². The van der Waals surface area contributed by atoms with Crippen molar-refractivity contribution in [1.82, 2.24) is 24.9 Å². The molecule has 0 saturated heterocycles. The number of hydrogen-bond donors (Lipinski definition) is 1. The van der Waals surface area contributed by atoms with Crippen molar-refractivity contribution >= 4 is 11.7 Å². The molecular formula is C19H21N5O. The van der Waals surface area contributed by atoms with Crippen molar-refractivity contribution in [1.29, 1.82) is 0 Å². The molecule has 1 atom stereocenters. The zero-order valence-corrected chi connectivity index (χ0v) is 14.7. The fourth-order valence-electron chi connectivity index (χ4n) is 3.47. The van der Waals surface area contributed by atoms with Gasteiger partial charge in [-0.25, -0.2) is 9.50 Å². The monoisotopic (exact) mass is 335 g/mol. The third-order valence-corrected chi connectivity index (χ3v) is 4.79. The summed E-state index contributed by atoms with van der Waals surface area (Å²) in [6.45, 7) is 5.81. The van der Waals surface area contributed by atoms with Gasteiger partial charge in [0.05, 0.1) is 6.04 Å². The van der Waals surface area contributed by atoms with Gasteiger partial charge in [0.15, 0.2) is 0 Å². The topological polar surface area (TPSA) is 72.2 Å². The number of aryl methyl sites for hydroxylation is 4. The lowest BCUT2D eigenvalue weighted by Gasteiger charge is -2.14. The summed E-state index contributed by atoms with van der Waals surface area (Å²) >= 11 is 0. The molecular weight excluding hydrogens is 314 g/mol. The minimum absolute atomic E-state index is 0.0965. The lowest BCUT2D eigenvalue weighted by atomic mass is 10.0. The molecule has 128 valence electrons. The summed E-state index contributed by atoms with van der Waals surface area (Å²) in [6, 6.07) is 8.30. The van der Waals surface area contributed by atoms with Crippen LogP contribution in [0.15, 0.2) is 24.3 Å². The summed E-state index contributed by atoms with van der Waals surface area (Å²) in [4.78, 5) is 21.1. The summed E-state index contributed by atoms with van der Waals surface area (Å²) in [5.74, 6) is 0.317. The van der Waals surface area contributed by atoms with E-state index in [2.05, 4.69) is 38.6 Å². The second-order valence-electron chi connectivity index (χ2n) is 6.76. The largest absolute Gasteiger partial charge is 0.343 e. The minimum atomic E-state index is -0.282. The zero-order chi connectivity index (χ0) is 17.6. The smallest absolute Gasteiger partial charge is 0.291 e. The summed E-state index contributed by atoms with van der Waals surface area (Å²) < 4.78 is 1.60. The van der Waals surface area contributed by atoms with Crippen molar-refractivity contribution in [3.05, 3.63) is 58.2 Å². The molecule has 1 aromatic carbocycles. The van der Waals surface area contributed by atoms with Crippen LogP contribution in [-0.4, -0.2) is 25.5 Å². The van der Waals surface area contributed by atoms with Gasteiger partial charge in [0, 0.05) is 11.4 Å². The first kappa shape index (κ1) is 15.7. The van der Waals surface area contributed by atoms with Gasteiger partial charge >= 0.3 is 0 Å². The first-order valence-electron chi connectivity index (χ1n) is 8.65. The van der Waals surface area contributed by atoms with E-state index in [4.69, 9.17) is 0 Å². The molecule has 0 bridgehead atoms. The van der Waals surface area contributed by atoms with E-state index in [9.17, 15) is 4.79 Å². The number of carbonyl (C=O) groups is 1. The quantitative estimate of drug-likeness (QED) is 0.799. The van der Waals surface area contributed by atoms with Gasteiger partial charge in [-0.15, -0.1) is 5.10 Å². The molecule has 0 fully saturated rings. The van der Waals surface area contributed by atoms with E-state index < -0.39 is 0 Å². The second-order valence-corrected chi connectivity index (χ2v) is 6.76. The maximum absolute atomic E-state index is 12.6. The normalized spacial score (nSPS) is 14.5. The molecule has 6 nitrogen and oxygen atoms in total. The molecule has 1 aliphatic rings. The summed E-state index contributed by atoms with van der Waals surface area (Å²) in [5.41, 5.74) is 5.71. The molecule has 25 heavy (non-hydrogen) atoms. The number of fused-ring (bicyclic) bond motifs is 2. The van der Waals surface area contributed by atoms with Crippen LogP contribution < -0.4 is 5.32 Å². The van der Waals surface area contributed by atoms with Crippen LogP contribution in [0.25, 0.3) is 5.78 Å². The van der Waals surface area contributed by atoms with Crippen molar-refractivity contribution in [2.24, 2.45) is 0 Å². The maximum Gasteiger partial charge on any atom is 0.291 e. The average molecular weight is 335 g/mol. The molecule has 0 radical (unpaired) electrons. The summed E-state index contributed by atoms with van der Waals surface area (Å²) in [6.07, 6.45) is 3.51. The second kappa shape index (κ2) is 5.95. The lowest BCUT2D eigenvalue weighted by Crippen LogP contribution is -2.27. The Bertz CT molecular complexity index is 975. The SMILES string of the molecule is Cc1cc(C)n2nc(C(=O)N[C@H](C)c3ccc4c(c3)CCC4)nc2n1. The molecule has 3 aromatic rings. The number of nitrogens with one attached hydrogen (secondary N) is 1. The van der Waals surface area contributed by atoms with Crippen LogP contribution in [0.5, 0.6) is 0 Å². The van der Waals surface area contributed by atoms with Gasteiger partial charge in [-0.3, -0.25) is 4.79 Å². The summed E-state index contributed by atoms with van der Waals surface area (Å²) in [5, 5.41) is 7.28. The van der Waals surface area contributed by atoms with Crippen LogP contribution in [0.2, 0.25) is 0 Å². The number of aromatic nitrogens is 4. The Morgan fingerprint density at radius 3 is 2.80 bits per heavy atom. The predicted octanol–water partition coefficient (Wildman–Crippen LogP) is 2.72. The van der Waals surface area contributed by atoms with E-state index in [0.29, 0.717) is 5.78 Å². The van der Waals surface area contributed by atoms with Crippen molar-refractivity contribution in [3.8, 4) is 0 Å². The van der Waals surface area contributed by atoms with Gasteiger partial charge in [0.1, 0.15) is 0 Å². The molecule has 4 rings (SSSR count). The first-order valence-corrected chi connectivity index (χ1v) is 8.65. The van der Waals surface area contributed by atoms with Gasteiger partial charge in [-0.2, -0.15) is 4.98 Å². The molecule has 2 heterocycles. The number of nitrogens with zero attached hydrogens (tertiary/aromatic N) is 4. The fourth-order valence-corrected chi connectivity index (χ4v) is 3.47. The standard InChI is InChI=1S/C19H21N5O/c1-11-9-12(2)24-19(20-11)22-17(23-24)18(25)21-13(3)15-8-7-14-5-4-6-16(14)10-15/h7-10,13H,4-6H2,1-3H3,(H,21,25)/t13-/m1/s1. The Morgan fingerprint density at radius 2 is 1.96 bits per heavy atom. The Hall–Kier alpha value is -2.76. The molecule has 6 heteroatoms. The highest BCUT2D eigenvalue weighted by Crippen LogP contribution is 2.25. The number of rotatable bonds is 3. The van der Waals surface area contributed by atoms with Crippen LogP contribution in [0.1, 0.15) is 58.1 Å². The van der Waals surface area contributed by atoms with E-state index in [-0.39, 0.29) is 17.8 Å². The minimum Gasteiger partial charge on any atom is -0.343 e. The number of hydrogen-bond acceptors (Lipinski definition) is 4. The molecule has 0 spiro atoms. The van der Waals surface area contributed by atoms with Crippen LogP contribution in [0.3, 0.4) is 0 Å². The number of benzene rings is 1. The van der Waals surface area contributed by atoms with E-state index in [1.165, 1.54) is 17.5 Å². The van der Waals surface area contributed by atoms with Crippen LogP contribution in [-0.2, 0) is 12.8 Å². The first-order chi connectivity index (χ1) is 12.0. The van der Waals surface area contributed by atoms with Gasteiger partial charge in [-0.05, 0) is 62.8 Å². The van der Waals surface area contributed by atoms with E-state index in [1.807, 2.05) is 26.8 Å². The molecule has 2 aromatic heterocycles. The van der Waals surface area contributed by atoms with Crippen molar-refractivity contribution < 1.29 is 4.79 Å². The highest BCUT2D eigenvalue weighted by atomic mass is 16.2. The van der Waals surface area contributed by atoms with E-state index >= 15 is 0 Å². The third kappa shape index (κ3) is 2.88. The molecule has 0 saturated carbocycles. The summed E-state index contributed by atoms with van der Waals surface area (Å²) in [7, 11) is 0. The van der Waals surface area contributed by atoms with E-state index in [1.54, 1.807) is 4.52 Å².